The Morgan fingerprint density at radius 3 is 2.53 bits per heavy atom. The molecule has 1 N–H and O–H groups in total. The second-order valence-corrected chi connectivity index (χ2v) is 5.92. The molecule has 1 fully saturated rings. The highest BCUT2D eigenvalue weighted by Crippen LogP contribution is 2.27. The first kappa shape index (κ1) is 12.1. The number of halogens is 1. The maximum absolute atomic E-state index is 12.6. The van der Waals surface area contributed by atoms with Crippen molar-refractivity contribution in [3.63, 3.8) is 0 Å². The minimum absolute atomic E-state index is 0.0935. The van der Waals surface area contributed by atoms with Crippen LogP contribution in [0.1, 0.15) is 18.4 Å². The molecule has 90 valence electrons. The van der Waals surface area contributed by atoms with Gasteiger partial charge in [0.1, 0.15) is 5.82 Å². The maximum atomic E-state index is 12.6. The van der Waals surface area contributed by atoms with Gasteiger partial charge in [-0.15, -0.1) is 0 Å². The van der Waals surface area contributed by atoms with Crippen molar-refractivity contribution in [1.82, 2.24) is 4.72 Å². The average molecular weight is 253 g/mol. The van der Waals surface area contributed by atoms with Crippen molar-refractivity contribution in [3.8, 4) is 11.8 Å². The summed E-state index contributed by atoms with van der Waals surface area (Å²) in [6.45, 7) is 0.0935. The Kier molecular flexibility index (Phi) is 3.46. The van der Waals surface area contributed by atoms with Crippen molar-refractivity contribution in [3.05, 3.63) is 35.6 Å². The topological polar surface area (TPSA) is 46.2 Å². The third kappa shape index (κ3) is 3.55. The summed E-state index contributed by atoms with van der Waals surface area (Å²) >= 11 is 0. The van der Waals surface area contributed by atoms with Crippen LogP contribution >= 0.6 is 0 Å². The van der Waals surface area contributed by atoms with Gasteiger partial charge in [0, 0.05) is 5.56 Å². The second-order valence-electron chi connectivity index (χ2n) is 3.87. The molecule has 2 rings (SSSR count). The van der Waals surface area contributed by atoms with Gasteiger partial charge in [-0.25, -0.2) is 17.5 Å². The molecular weight excluding hydrogens is 241 g/mol. The lowest BCUT2D eigenvalue weighted by molar-refractivity contribution is 0.584. The lowest BCUT2D eigenvalue weighted by Gasteiger charge is -1.99. The summed E-state index contributed by atoms with van der Waals surface area (Å²) in [5, 5.41) is -0.227. The van der Waals surface area contributed by atoms with Crippen LogP contribution < -0.4 is 4.72 Å². The predicted octanol–water partition coefficient (Wildman–Crippen LogP) is 1.26. The van der Waals surface area contributed by atoms with E-state index in [1.807, 2.05) is 0 Å². The van der Waals surface area contributed by atoms with Gasteiger partial charge < -0.3 is 0 Å². The van der Waals surface area contributed by atoms with Gasteiger partial charge in [0.2, 0.25) is 10.0 Å². The Hall–Kier alpha value is -1.38. The average Bonchev–Trinajstić information content (AvgIpc) is 3.11. The normalized spacial score (nSPS) is 15.1. The molecule has 1 aromatic carbocycles. The summed E-state index contributed by atoms with van der Waals surface area (Å²) in [7, 11) is -3.16. The Bertz CT molecular complexity index is 550. The quantitative estimate of drug-likeness (QED) is 0.824. The summed E-state index contributed by atoms with van der Waals surface area (Å²) in [6.07, 6.45) is 1.47. The molecule has 0 radical (unpaired) electrons. The molecule has 0 heterocycles. The molecule has 1 aliphatic rings. The van der Waals surface area contributed by atoms with Crippen LogP contribution in [0.4, 0.5) is 4.39 Å². The second kappa shape index (κ2) is 4.86. The molecule has 0 atom stereocenters. The van der Waals surface area contributed by atoms with Gasteiger partial charge in [0.25, 0.3) is 0 Å². The zero-order valence-electron chi connectivity index (χ0n) is 9.11. The van der Waals surface area contributed by atoms with Crippen LogP contribution in [-0.4, -0.2) is 20.2 Å². The third-order valence-corrected chi connectivity index (χ3v) is 4.30. The van der Waals surface area contributed by atoms with E-state index in [0.717, 1.165) is 12.8 Å². The van der Waals surface area contributed by atoms with E-state index in [1.54, 1.807) is 12.1 Å². The molecule has 1 aliphatic carbocycles. The van der Waals surface area contributed by atoms with Crippen LogP contribution in [0.5, 0.6) is 0 Å². The fourth-order valence-corrected chi connectivity index (χ4v) is 2.58. The smallest absolute Gasteiger partial charge is 0.212 e. The lowest BCUT2D eigenvalue weighted by atomic mass is 10.2. The van der Waals surface area contributed by atoms with E-state index in [4.69, 9.17) is 0 Å². The summed E-state index contributed by atoms with van der Waals surface area (Å²) in [6, 6.07) is 5.74. The van der Waals surface area contributed by atoms with Gasteiger partial charge in [-0.2, -0.15) is 0 Å². The lowest BCUT2D eigenvalue weighted by Crippen LogP contribution is -2.27. The van der Waals surface area contributed by atoms with Gasteiger partial charge in [-0.05, 0) is 37.1 Å². The highest BCUT2D eigenvalue weighted by molar-refractivity contribution is 7.90. The highest BCUT2D eigenvalue weighted by atomic mass is 32.2. The van der Waals surface area contributed by atoms with Crippen LogP contribution in [0.15, 0.2) is 24.3 Å². The van der Waals surface area contributed by atoms with Gasteiger partial charge >= 0.3 is 0 Å². The molecule has 3 nitrogen and oxygen atoms in total. The van der Waals surface area contributed by atoms with Crippen LogP contribution in [0.3, 0.4) is 0 Å². The predicted molar refractivity (Wildman–Crippen MR) is 63.2 cm³/mol. The van der Waals surface area contributed by atoms with Crippen molar-refractivity contribution in [2.75, 3.05) is 6.54 Å². The minimum atomic E-state index is -3.16. The van der Waals surface area contributed by atoms with Crippen LogP contribution in [0, 0.1) is 17.7 Å². The molecule has 0 aliphatic heterocycles. The van der Waals surface area contributed by atoms with Gasteiger partial charge in [0.05, 0.1) is 11.8 Å². The SMILES string of the molecule is O=S(=O)(NCC#Cc1ccc(F)cc1)C1CC1. The molecule has 1 saturated carbocycles. The van der Waals surface area contributed by atoms with Crippen molar-refractivity contribution >= 4 is 10.0 Å². The zero-order chi connectivity index (χ0) is 12.3. The van der Waals surface area contributed by atoms with E-state index in [1.165, 1.54) is 12.1 Å². The minimum Gasteiger partial charge on any atom is -0.212 e. The largest absolute Gasteiger partial charge is 0.215 e. The number of sulfonamides is 1. The summed E-state index contributed by atoms with van der Waals surface area (Å²) in [5.41, 5.74) is 0.664. The first-order valence-corrected chi connectivity index (χ1v) is 6.85. The number of benzene rings is 1. The fourth-order valence-electron chi connectivity index (χ4n) is 1.31. The van der Waals surface area contributed by atoms with E-state index in [0.29, 0.717) is 5.56 Å². The van der Waals surface area contributed by atoms with E-state index in [2.05, 4.69) is 16.6 Å². The number of rotatable bonds is 3. The molecule has 17 heavy (non-hydrogen) atoms. The molecule has 5 heteroatoms. The first-order chi connectivity index (χ1) is 8.08. The van der Waals surface area contributed by atoms with Gasteiger partial charge in [-0.3, -0.25) is 0 Å². The number of hydrogen-bond acceptors (Lipinski definition) is 2. The Morgan fingerprint density at radius 1 is 1.29 bits per heavy atom. The van der Waals surface area contributed by atoms with Crippen LogP contribution in [-0.2, 0) is 10.0 Å². The molecule has 0 unspecified atom stereocenters. The molecule has 0 spiro atoms. The van der Waals surface area contributed by atoms with Crippen LogP contribution in [0.25, 0.3) is 0 Å². The molecule has 0 aromatic heterocycles. The van der Waals surface area contributed by atoms with E-state index in [-0.39, 0.29) is 17.6 Å². The van der Waals surface area contributed by atoms with Crippen molar-refractivity contribution in [2.45, 2.75) is 18.1 Å². The number of nitrogens with one attached hydrogen (secondary N) is 1. The molecule has 1 aromatic rings. The zero-order valence-corrected chi connectivity index (χ0v) is 9.93. The maximum Gasteiger partial charge on any atom is 0.215 e. The van der Waals surface area contributed by atoms with Crippen LogP contribution in [0.2, 0.25) is 0 Å². The monoisotopic (exact) mass is 253 g/mol. The number of hydrogen-bond donors (Lipinski definition) is 1. The van der Waals surface area contributed by atoms with Gasteiger partial charge in [-0.1, -0.05) is 11.8 Å². The summed E-state index contributed by atoms with van der Waals surface area (Å²) in [5.74, 6) is 5.14. The Labute approximate surface area is 100 Å². The van der Waals surface area contributed by atoms with Gasteiger partial charge in [0.15, 0.2) is 0 Å². The Morgan fingerprint density at radius 2 is 1.94 bits per heavy atom. The first-order valence-electron chi connectivity index (χ1n) is 5.31. The third-order valence-electron chi connectivity index (χ3n) is 2.40. The summed E-state index contributed by atoms with van der Waals surface area (Å²) in [4.78, 5) is 0. The van der Waals surface area contributed by atoms with Crippen molar-refractivity contribution in [2.24, 2.45) is 0 Å². The standard InChI is InChI=1S/C12H12FNO2S/c13-11-5-3-10(4-6-11)2-1-9-14-17(15,16)12-7-8-12/h3-6,12,14H,7-9H2. The van der Waals surface area contributed by atoms with E-state index in [9.17, 15) is 12.8 Å². The summed E-state index contributed by atoms with van der Waals surface area (Å²) < 4.78 is 37.9. The van der Waals surface area contributed by atoms with Crippen molar-refractivity contribution in [1.29, 1.82) is 0 Å². The fraction of sp³-hybridized carbons (Fsp3) is 0.333. The Balaban J connectivity index is 1.88. The molecular formula is C12H12FNO2S. The van der Waals surface area contributed by atoms with E-state index >= 15 is 0 Å². The molecule has 0 amide bonds. The molecule has 0 bridgehead atoms. The molecule has 0 saturated heterocycles. The van der Waals surface area contributed by atoms with E-state index < -0.39 is 10.0 Å². The highest BCUT2D eigenvalue weighted by Gasteiger charge is 2.34. The van der Waals surface area contributed by atoms with Crippen molar-refractivity contribution < 1.29 is 12.8 Å².